The van der Waals surface area contributed by atoms with Crippen LogP contribution >= 0.6 is 0 Å². The molecule has 0 spiro atoms. The molecule has 0 atom stereocenters. The molecule has 0 fully saturated rings. The van der Waals surface area contributed by atoms with Gasteiger partial charge < -0.3 is 4.74 Å². The lowest BCUT2D eigenvalue weighted by Gasteiger charge is -2.22. The summed E-state index contributed by atoms with van der Waals surface area (Å²) in [5.74, 6) is -0.349. The van der Waals surface area contributed by atoms with Crippen LogP contribution in [0.1, 0.15) is 38.1 Å². The molecule has 2 rings (SSSR count). The summed E-state index contributed by atoms with van der Waals surface area (Å²) in [5.41, 5.74) is -0.767. The zero-order valence-electron chi connectivity index (χ0n) is 15.7. The standard InChI is InChI=1S/C18H25NO5S2/c1-17(2)9-10-18(3,4)13-25(21,12-17)19-26(22,23)15-8-6-7-14(11-15)16(20)24-5/h6-11H,12-13H2,1-5H3. The van der Waals surface area contributed by atoms with E-state index in [2.05, 4.69) is 8.50 Å². The molecule has 1 aromatic rings. The second kappa shape index (κ2) is 6.81. The smallest absolute Gasteiger partial charge is 0.337 e. The van der Waals surface area contributed by atoms with Gasteiger partial charge in [0.25, 0.3) is 10.0 Å². The monoisotopic (exact) mass is 399 g/mol. The Morgan fingerprint density at radius 2 is 1.65 bits per heavy atom. The molecule has 0 aromatic heterocycles. The fourth-order valence-corrected chi connectivity index (χ4v) is 8.28. The predicted molar refractivity (Wildman–Crippen MR) is 102 cm³/mol. The van der Waals surface area contributed by atoms with Crippen LogP contribution in [0.2, 0.25) is 0 Å². The molecule has 0 unspecified atom stereocenters. The number of hydrogen-bond donors (Lipinski definition) is 0. The van der Waals surface area contributed by atoms with Crippen molar-refractivity contribution in [3.8, 4) is 0 Å². The van der Waals surface area contributed by atoms with E-state index in [4.69, 9.17) is 0 Å². The van der Waals surface area contributed by atoms with Gasteiger partial charge in [-0.1, -0.05) is 45.9 Å². The van der Waals surface area contributed by atoms with Crippen molar-refractivity contribution in [3.05, 3.63) is 42.0 Å². The van der Waals surface area contributed by atoms with Gasteiger partial charge in [0.2, 0.25) is 0 Å². The molecule has 8 heteroatoms. The van der Waals surface area contributed by atoms with Crippen molar-refractivity contribution < 1.29 is 22.2 Å². The third kappa shape index (κ3) is 4.94. The van der Waals surface area contributed by atoms with Crippen molar-refractivity contribution in [1.29, 1.82) is 0 Å². The Morgan fingerprint density at radius 3 is 2.15 bits per heavy atom. The summed E-state index contributed by atoms with van der Waals surface area (Å²) in [5, 5.41) is 0. The summed E-state index contributed by atoms with van der Waals surface area (Å²) >= 11 is 0. The molecular formula is C18H25NO5S2. The summed E-state index contributed by atoms with van der Waals surface area (Å²) in [4.78, 5) is 11.5. The highest BCUT2D eigenvalue weighted by Gasteiger charge is 2.34. The Hall–Kier alpha value is -1.67. The molecule has 1 aromatic carbocycles. The fraction of sp³-hybridized carbons (Fsp3) is 0.500. The first-order valence-electron chi connectivity index (χ1n) is 8.15. The number of benzene rings is 1. The minimum atomic E-state index is -4.19. The third-order valence-electron chi connectivity index (χ3n) is 3.97. The SMILES string of the molecule is COC(=O)c1cccc(S(=O)(=O)N=S2(=O)CC(C)(C)C=CC(C)(C)C2)c1. The Morgan fingerprint density at radius 1 is 1.12 bits per heavy atom. The van der Waals surface area contributed by atoms with Crippen LogP contribution in [0.25, 0.3) is 0 Å². The van der Waals surface area contributed by atoms with Crippen LogP contribution in [0.15, 0.2) is 45.1 Å². The molecule has 0 aliphatic carbocycles. The van der Waals surface area contributed by atoms with Gasteiger partial charge in [-0.25, -0.2) is 9.00 Å². The van der Waals surface area contributed by atoms with E-state index in [1.54, 1.807) is 0 Å². The number of ether oxygens (including phenoxy) is 1. The van der Waals surface area contributed by atoms with Gasteiger partial charge in [0.15, 0.2) is 0 Å². The van der Waals surface area contributed by atoms with Gasteiger partial charge in [-0.05, 0) is 29.0 Å². The lowest BCUT2D eigenvalue weighted by atomic mass is 9.89. The molecule has 26 heavy (non-hydrogen) atoms. The Labute approximate surface area is 155 Å². The van der Waals surface area contributed by atoms with Crippen LogP contribution in [0, 0.1) is 10.8 Å². The number of allylic oxidation sites excluding steroid dienone is 2. The first-order chi connectivity index (χ1) is 11.8. The Kier molecular flexibility index (Phi) is 5.41. The summed E-state index contributed by atoms with van der Waals surface area (Å²) in [6.07, 6.45) is 3.94. The molecule has 1 aliphatic rings. The van der Waals surface area contributed by atoms with Crippen molar-refractivity contribution in [2.45, 2.75) is 32.6 Å². The van der Waals surface area contributed by atoms with Gasteiger partial charge >= 0.3 is 5.97 Å². The van der Waals surface area contributed by atoms with Crippen molar-refractivity contribution in [2.75, 3.05) is 18.6 Å². The fourth-order valence-electron chi connectivity index (χ4n) is 2.94. The van der Waals surface area contributed by atoms with E-state index in [0.29, 0.717) is 0 Å². The second-order valence-corrected chi connectivity index (χ2v) is 12.1. The molecule has 0 bridgehead atoms. The number of sulfonamides is 1. The molecule has 0 amide bonds. The molecule has 0 saturated carbocycles. The van der Waals surface area contributed by atoms with E-state index in [0.717, 1.165) is 0 Å². The Bertz CT molecular complexity index is 939. The van der Waals surface area contributed by atoms with E-state index in [1.807, 2.05) is 39.8 Å². The highest BCUT2D eigenvalue weighted by molar-refractivity contribution is 8.03. The van der Waals surface area contributed by atoms with Crippen LogP contribution in [0.4, 0.5) is 0 Å². The first-order valence-corrected chi connectivity index (χ1v) is 11.4. The van der Waals surface area contributed by atoms with Crippen LogP contribution in [0.3, 0.4) is 0 Å². The number of hydrogen-bond acceptors (Lipinski definition) is 5. The van der Waals surface area contributed by atoms with Crippen molar-refractivity contribution in [2.24, 2.45) is 14.6 Å². The Balaban J connectivity index is 2.56. The maximum Gasteiger partial charge on any atom is 0.337 e. The molecule has 1 aliphatic heterocycles. The van der Waals surface area contributed by atoms with Crippen LogP contribution < -0.4 is 0 Å². The number of esters is 1. The number of methoxy groups -OCH3 is 1. The molecular weight excluding hydrogens is 374 g/mol. The zero-order chi connectivity index (χ0) is 19.8. The number of nitrogens with zero attached hydrogens (tertiary/aromatic N) is 1. The average Bonchev–Trinajstić information content (AvgIpc) is 2.58. The summed E-state index contributed by atoms with van der Waals surface area (Å²) in [6.45, 7) is 7.63. The summed E-state index contributed by atoms with van der Waals surface area (Å²) in [6, 6.07) is 5.41. The molecule has 0 radical (unpaired) electrons. The molecule has 144 valence electrons. The molecule has 6 nitrogen and oxygen atoms in total. The number of carbonyl (C=O) groups excluding carboxylic acids is 1. The zero-order valence-corrected chi connectivity index (χ0v) is 17.3. The third-order valence-corrected chi connectivity index (χ3v) is 9.08. The maximum atomic E-state index is 13.4. The quantitative estimate of drug-likeness (QED) is 0.575. The molecule has 1 heterocycles. The van der Waals surface area contributed by atoms with Gasteiger partial charge in [0, 0.05) is 11.5 Å². The van der Waals surface area contributed by atoms with Gasteiger partial charge in [0.1, 0.15) is 0 Å². The van der Waals surface area contributed by atoms with E-state index >= 15 is 0 Å². The van der Waals surface area contributed by atoms with Crippen molar-refractivity contribution >= 4 is 25.7 Å². The number of carbonyl (C=O) groups is 1. The highest BCUT2D eigenvalue weighted by Crippen LogP contribution is 2.34. The molecule has 0 saturated heterocycles. The second-order valence-electron chi connectivity index (χ2n) is 7.94. The van der Waals surface area contributed by atoms with Gasteiger partial charge in [0.05, 0.1) is 27.3 Å². The van der Waals surface area contributed by atoms with Gasteiger partial charge in [-0.3, -0.25) is 0 Å². The van der Waals surface area contributed by atoms with E-state index in [1.165, 1.54) is 31.4 Å². The van der Waals surface area contributed by atoms with Gasteiger partial charge in [-0.2, -0.15) is 8.42 Å². The summed E-state index contributed by atoms with van der Waals surface area (Å²) in [7, 11) is -6.00. The van der Waals surface area contributed by atoms with E-state index in [-0.39, 0.29) is 22.0 Å². The van der Waals surface area contributed by atoms with Crippen LogP contribution in [0.5, 0.6) is 0 Å². The maximum absolute atomic E-state index is 13.4. The first kappa shape index (κ1) is 20.6. The van der Waals surface area contributed by atoms with Gasteiger partial charge in [-0.15, -0.1) is 3.77 Å². The normalized spacial score (nSPS) is 20.8. The van der Waals surface area contributed by atoms with Crippen LogP contribution in [-0.4, -0.2) is 37.2 Å². The van der Waals surface area contributed by atoms with Crippen molar-refractivity contribution in [3.63, 3.8) is 0 Å². The lowest BCUT2D eigenvalue weighted by molar-refractivity contribution is 0.0600. The lowest BCUT2D eigenvalue weighted by Crippen LogP contribution is -2.27. The van der Waals surface area contributed by atoms with E-state index in [9.17, 15) is 17.4 Å². The predicted octanol–water partition coefficient (Wildman–Crippen LogP) is 3.25. The minimum absolute atomic E-state index is 0.0990. The van der Waals surface area contributed by atoms with E-state index < -0.39 is 36.6 Å². The topological polar surface area (TPSA) is 89.9 Å². The number of rotatable bonds is 3. The highest BCUT2D eigenvalue weighted by atomic mass is 32.3. The average molecular weight is 400 g/mol. The largest absolute Gasteiger partial charge is 0.465 e. The minimum Gasteiger partial charge on any atom is -0.465 e. The molecule has 0 N–H and O–H groups in total. The summed E-state index contributed by atoms with van der Waals surface area (Å²) < 4.78 is 47.5. The van der Waals surface area contributed by atoms with Crippen LogP contribution in [-0.2, 0) is 24.5 Å². The van der Waals surface area contributed by atoms with Crippen molar-refractivity contribution in [1.82, 2.24) is 0 Å².